The number of carbonyl (C=O) groups excluding carboxylic acids is 1. The van der Waals surface area contributed by atoms with Crippen molar-refractivity contribution in [1.82, 2.24) is 4.90 Å². The lowest BCUT2D eigenvalue weighted by atomic mass is 9.52. The van der Waals surface area contributed by atoms with Gasteiger partial charge in [-0.05, 0) is 86.8 Å². The molecule has 5 fully saturated rings. The zero-order chi connectivity index (χ0) is 17.2. The van der Waals surface area contributed by atoms with Crippen LogP contribution in [0.4, 0.5) is 0 Å². The van der Waals surface area contributed by atoms with Gasteiger partial charge >= 0.3 is 0 Å². The third kappa shape index (κ3) is 2.63. The van der Waals surface area contributed by atoms with Crippen LogP contribution < -0.4 is 0 Å². The lowest BCUT2D eigenvalue weighted by molar-refractivity contribution is -0.147. The van der Waals surface area contributed by atoms with Crippen LogP contribution in [0.25, 0.3) is 0 Å². The highest BCUT2D eigenvalue weighted by molar-refractivity contribution is 6.36. The van der Waals surface area contributed by atoms with Crippen LogP contribution in [0.15, 0.2) is 18.2 Å². The Morgan fingerprint density at radius 1 is 1.00 bits per heavy atom. The fourth-order valence-electron chi connectivity index (χ4n) is 6.77. The fraction of sp³-hybridized carbons (Fsp3) is 0.667. The van der Waals surface area contributed by atoms with Gasteiger partial charge in [0.25, 0.3) is 0 Å². The summed E-state index contributed by atoms with van der Waals surface area (Å²) < 4.78 is 0. The van der Waals surface area contributed by atoms with Gasteiger partial charge in [0.05, 0.1) is 0 Å². The van der Waals surface area contributed by atoms with Crippen LogP contribution in [0.1, 0.15) is 50.5 Å². The highest BCUT2D eigenvalue weighted by Crippen LogP contribution is 2.58. The zero-order valence-electron chi connectivity index (χ0n) is 14.5. The van der Waals surface area contributed by atoms with Gasteiger partial charge in [-0.1, -0.05) is 29.3 Å². The predicted octanol–water partition coefficient (Wildman–Crippen LogP) is 5.35. The van der Waals surface area contributed by atoms with Crippen LogP contribution in [0.2, 0.25) is 10.0 Å². The summed E-state index contributed by atoms with van der Waals surface area (Å²) in [7, 11) is 0. The summed E-state index contributed by atoms with van der Waals surface area (Å²) >= 11 is 12.7. The van der Waals surface area contributed by atoms with E-state index in [2.05, 4.69) is 4.90 Å². The zero-order valence-corrected chi connectivity index (χ0v) is 16.0. The van der Waals surface area contributed by atoms with Gasteiger partial charge in [-0.25, -0.2) is 0 Å². The van der Waals surface area contributed by atoms with Crippen LogP contribution in [0, 0.1) is 23.7 Å². The van der Waals surface area contributed by atoms with Gasteiger partial charge in [0.15, 0.2) is 0 Å². The van der Waals surface area contributed by atoms with E-state index in [0.717, 1.165) is 36.3 Å². The van der Waals surface area contributed by atoms with E-state index in [1.165, 1.54) is 38.5 Å². The molecule has 4 bridgehead atoms. The minimum atomic E-state index is 0.0467. The van der Waals surface area contributed by atoms with Crippen molar-refractivity contribution in [2.75, 3.05) is 6.54 Å². The number of hydrogen-bond acceptors (Lipinski definition) is 1. The average molecular weight is 378 g/mol. The molecule has 4 saturated carbocycles. The van der Waals surface area contributed by atoms with Crippen molar-refractivity contribution >= 4 is 29.1 Å². The van der Waals surface area contributed by atoms with E-state index in [-0.39, 0.29) is 11.5 Å². The Hall–Kier alpha value is -0.730. The highest BCUT2D eigenvalue weighted by atomic mass is 35.5. The van der Waals surface area contributed by atoms with Gasteiger partial charge in [-0.2, -0.15) is 0 Å². The number of rotatable bonds is 3. The molecule has 5 aliphatic rings. The molecule has 0 aromatic heterocycles. The van der Waals surface area contributed by atoms with Crippen molar-refractivity contribution in [2.24, 2.45) is 23.7 Å². The van der Waals surface area contributed by atoms with Gasteiger partial charge in [0, 0.05) is 28.0 Å². The first-order valence-corrected chi connectivity index (χ1v) is 10.5. The van der Waals surface area contributed by atoms with Crippen LogP contribution in [-0.4, -0.2) is 22.9 Å². The first-order chi connectivity index (χ1) is 12.0. The Kier molecular flexibility index (Phi) is 3.87. The lowest BCUT2D eigenvalue weighted by Crippen LogP contribution is -2.60. The van der Waals surface area contributed by atoms with E-state index in [1.807, 2.05) is 18.2 Å². The van der Waals surface area contributed by atoms with Crippen molar-refractivity contribution in [3.05, 3.63) is 33.8 Å². The first-order valence-electron chi connectivity index (χ1n) is 9.78. The number of nitrogens with zero attached hydrogens (tertiary/aromatic N) is 1. The molecule has 0 radical (unpaired) electrons. The summed E-state index contributed by atoms with van der Waals surface area (Å²) in [5.41, 5.74) is 1.13. The van der Waals surface area contributed by atoms with Crippen molar-refractivity contribution in [1.29, 1.82) is 0 Å². The number of carbonyl (C=O) groups is 1. The molecule has 4 heteroatoms. The van der Waals surface area contributed by atoms with Crippen LogP contribution in [-0.2, 0) is 11.2 Å². The van der Waals surface area contributed by atoms with Crippen molar-refractivity contribution < 1.29 is 4.79 Å². The lowest BCUT2D eigenvalue weighted by Gasteiger charge is -2.60. The number of halogens is 2. The Balaban J connectivity index is 1.37. The standard InChI is InChI=1S/C21H25Cl2NO/c22-18-2-1-3-19(23)17(18)9-16-4-5-24(20(16)25)21-10-13-6-14(11-21)8-15(7-13)12-21/h1-3,13-16H,4-12H2. The number of hydrogen-bond donors (Lipinski definition) is 0. The molecule has 0 spiro atoms. The van der Waals surface area contributed by atoms with E-state index >= 15 is 0 Å². The maximum absolute atomic E-state index is 13.3. The number of likely N-dealkylation sites (tertiary alicyclic amines) is 1. The quantitative estimate of drug-likeness (QED) is 0.694. The third-order valence-electron chi connectivity index (χ3n) is 7.41. The molecule has 25 heavy (non-hydrogen) atoms. The minimum Gasteiger partial charge on any atom is -0.337 e. The number of benzene rings is 1. The molecular formula is C21H25Cl2NO. The SMILES string of the molecule is O=C1C(Cc2c(Cl)cccc2Cl)CCN1C12CC3CC(CC(C3)C1)C2. The Labute approximate surface area is 159 Å². The normalized spacial score (nSPS) is 39.4. The molecule has 2 nitrogen and oxygen atoms in total. The van der Waals surface area contributed by atoms with Crippen LogP contribution in [0.5, 0.6) is 0 Å². The molecule has 1 aromatic carbocycles. The minimum absolute atomic E-state index is 0.0467. The maximum atomic E-state index is 13.3. The van der Waals surface area contributed by atoms with E-state index in [0.29, 0.717) is 22.4 Å². The summed E-state index contributed by atoms with van der Waals surface area (Å²) in [6, 6.07) is 5.62. The van der Waals surface area contributed by atoms with Gasteiger partial charge in [0.2, 0.25) is 5.91 Å². The Bertz CT molecular complexity index is 660. The molecule has 1 saturated heterocycles. The van der Waals surface area contributed by atoms with Crippen molar-refractivity contribution in [3.8, 4) is 0 Å². The van der Waals surface area contributed by atoms with E-state index in [1.54, 1.807) is 0 Å². The molecule has 1 unspecified atom stereocenters. The Morgan fingerprint density at radius 3 is 2.12 bits per heavy atom. The van der Waals surface area contributed by atoms with Gasteiger partial charge < -0.3 is 4.90 Å². The summed E-state index contributed by atoms with van der Waals surface area (Å²) in [4.78, 5) is 15.6. The van der Waals surface area contributed by atoms with Crippen molar-refractivity contribution in [3.63, 3.8) is 0 Å². The average Bonchev–Trinajstić information content (AvgIpc) is 2.91. The summed E-state index contributed by atoms with van der Waals surface area (Å²) in [5, 5.41) is 1.38. The van der Waals surface area contributed by atoms with Crippen LogP contribution >= 0.6 is 23.2 Å². The second-order valence-electron chi connectivity index (χ2n) is 9.02. The first kappa shape index (κ1) is 16.4. The largest absolute Gasteiger partial charge is 0.337 e. The smallest absolute Gasteiger partial charge is 0.226 e. The summed E-state index contributed by atoms with van der Waals surface area (Å²) in [6.45, 7) is 0.928. The van der Waals surface area contributed by atoms with Gasteiger partial charge in [-0.15, -0.1) is 0 Å². The second-order valence-corrected chi connectivity index (χ2v) is 9.84. The second kappa shape index (κ2) is 5.89. The molecule has 1 amide bonds. The predicted molar refractivity (Wildman–Crippen MR) is 101 cm³/mol. The molecule has 1 aromatic rings. The molecule has 1 atom stereocenters. The van der Waals surface area contributed by atoms with E-state index < -0.39 is 0 Å². The Morgan fingerprint density at radius 2 is 1.56 bits per heavy atom. The van der Waals surface area contributed by atoms with Crippen molar-refractivity contribution in [2.45, 2.75) is 56.9 Å². The molecule has 6 rings (SSSR count). The highest BCUT2D eigenvalue weighted by Gasteiger charge is 2.56. The van der Waals surface area contributed by atoms with Gasteiger partial charge in [0.1, 0.15) is 0 Å². The van der Waals surface area contributed by atoms with E-state index in [9.17, 15) is 4.79 Å². The van der Waals surface area contributed by atoms with E-state index in [4.69, 9.17) is 23.2 Å². The summed E-state index contributed by atoms with van der Waals surface area (Å²) in [6.07, 6.45) is 9.64. The fourth-order valence-corrected chi connectivity index (χ4v) is 7.32. The molecular weight excluding hydrogens is 353 g/mol. The monoisotopic (exact) mass is 377 g/mol. The molecule has 4 aliphatic carbocycles. The van der Waals surface area contributed by atoms with Crippen LogP contribution in [0.3, 0.4) is 0 Å². The summed E-state index contributed by atoms with van der Waals surface area (Å²) in [5.74, 6) is 3.02. The topological polar surface area (TPSA) is 20.3 Å². The molecule has 134 valence electrons. The maximum Gasteiger partial charge on any atom is 0.226 e. The third-order valence-corrected chi connectivity index (χ3v) is 8.12. The molecule has 1 heterocycles. The molecule has 0 N–H and O–H groups in total. The number of amides is 1. The molecule has 1 aliphatic heterocycles. The van der Waals surface area contributed by atoms with Gasteiger partial charge in [-0.3, -0.25) is 4.79 Å².